The molecule has 0 saturated heterocycles. The highest BCUT2D eigenvalue weighted by Gasteiger charge is 2.23. The quantitative estimate of drug-likeness (QED) is 0.647. The van der Waals surface area contributed by atoms with E-state index < -0.39 is 12.1 Å². The van der Waals surface area contributed by atoms with E-state index in [1.54, 1.807) is 13.8 Å². The number of aryl methyl sites for hydroxylation is 1. The third-order valence-corrected chi connectivity index (χ3v) is 2.09. The zero-order chi connectivity index (χ0) is 11.6. The van der Waals surface area contributed by atoms with Crippen molar-refractivity contribution < 1.29 is 19.1 Å². The van der Waals surface area contributed by atoms with Crippen LogP contribution in [-0.2, 0) is 9.47 Å². The number of ether oxygens (including phenoxy) is 2. The Morgan fingerprint density at radius 3 is 2.27 bits per heavy atom. The monoisotopic (exact) mass is 212 g/mol. The molecule has 0 atom stereocenters. The molecule has 0 amide bonds. The van der Waals surface area contributed by atoms with Crippen LogP contribution in [0.3, 0.4) is 0 Å². The lowest BCUT2D eigenvalue weighted by Crippen LogP contribution is -2.20. The molecule has 0 spiro atoms. The normalized spacial score (nSPS) is 9.87. The third kappa shape index (κ3) is 1.83. The fourth-order valence-corrected chi connectivity index (χ4v) is 1.16. The zero-order valence-corrected chi connectivity index (χ0v) is 9.03. The topological polar surface area (TPSA) is 70.4 Å². The smallest absolute Gasteiger partial charge is 0.435 e. The molecule has 0 N–H and O–H groups in total. The minimum Gasteiger partial charge on any atom is -0.464 e. The average molecular weight is 212 g/mol. The van der Waals surface area contributed by atoms with Gasteiger partial charge in [0.25, 0.3) is 0 Å². The van der Waals surface area contributed by atoms with Crippen LogP contribution in [0.25, 0.3) is 0 Å². The Morgan fingerprint density at radius 2 is 1.80 bits per heavy atom. The Balaban J connectivity index is 3.33. The van der Waals surface area contributed by atoms with Crippen LogP contribution in [0.15, 0.2) is 0 Å². The molecule has 0 aliphatic heterocycles. The molecule has 0 fully saturated rings. The number of esters is 1. The summed E-state index contributed by atoms with van der Waals surface area (Å²) in [5.41, 5.74) is 1.29. The van der Waals surface area contributed by atoms with E-state index in [2.05, 4.69) is 14.6 Å². The summed E-state index contributed by atoms with van der Waals surface area (Å²) in [6.07, 6.45) is -0.716. The molecule has 0 saturated carbocycles. The maximum absolute atomic E-state index is 11.4. The largest absolute Gasteiger partial charge is 0.464 e. The molecule has 6 nitrogen and oxygen atoms in total. The van der Waals surface area contributed by atoms with Crippen molar-refractivity contribution in [2.75, 3.05) is 14.2 Å². The Kier molecular flexibility index (Phi) is 3.08. The highest BCUT2D eigenvalue weighted by atomic mass is 16.5. The van der Waals surface area contributed by atoms with Crippen molar-refractivity contribution in [1.82, 2.24) is 9.78 Å². The van der Waals surface area contributed by atoms with Gasteiger partial charge in [0.2, 0.25) is 0 Å². The van der Waals surface area contributed by atoms with Crippen LogP contribution in [0.2, 0.25) is 0 Å². The summed E-state index contributed by atoms with van der Waals surface area (Å²) >= 11 is 0. The van der Waals surface area contributed by atoms with Gasteiger partial charge in [0.15, 0.2) is 5.69 Å². The molecule has 6 heteroatoms. The second-order valence-corrected chi connectivity index (χ2v) is 2.93. The molecular weight excluding hydrogens is 200 g/mol. The molecule has 1 aromatic rings. The van der Waals surface area contributed by atoms with Gasteiger partial charge in [-0.3, -0.25) is 0 Å². The SMILES string of the molecule is COC(=O)c1c(C)c(C)nn1C(=O)OC. The minimum atomic E-state index is -0.716. The van der Waals surface area contributed by atoms with Crippen molar-refractivity contribution in [3.8, 4) is 0 Å². The van der Waals surface area contributed by atoms with Crippen molar-refractivity contribution in [2.24, 2.45) is 0 Å². The fraction of sp³-hybridized carbons (Fsp3) is 0.444. The standard InChI is InChI=1S/C9H12N2O4/c1-5-6(2)10-11(9(13)15-4)7(5)8(12)14-3/h1-4H3. The van der Waals surface area contributed by atoms with E-state index in [4.69, 9.17) is 0 Å². The van der Waals surface area contributed by atoms with Crippen LogP contribution in [-0.4, -0.2) is 36.1 Å². The van der Waals surface area contributed by atoms with Crippen molar-refractivity contribution in [3.05, 3.63) is 17.0 Å². The first kappa shape index (κ1) is 11.2. The van der Waals surface area contributed by atoms with E-state index >= 15 is 0 Å². The Morgan fingerprint density at radius 1 is 1.20 bits per heavy atom. The van der Waals surface area contributed by atoms with E-state index in [0.29, 0.717) is 11.3 Å². The lowest BCUT2D eigenvalue weighted by Gasteiger charge is -2.03. The number of hydrogen-bond acceptors (Lipinski definition) is 5. The first-order valence-corrected chi connectivity index (χ1v) is 4.25. The molecule has 0 radical (unpaired) electrons. The van der Waals surface area contributed by atoms with E-state index in [1.165, 1.54) is 14.2 Å². The molecule has 15 heavy (non-hydrogen) atoms. The van der Waals surface area contributed by atoms with Crippen LogP contribution in [0, 0.1) is 13.8 Å². The molecule has 0 aromatic carbocycles. The predicted molar refractivity (Wildman–Crippen MR) is 50.8 cm³/mol. The summed E-state index contributed by atoms with van der Waals surface area (Å²) in [7, 11) is 2.46. The summed E-state index contributed by atoms with van der Waals surface area (Å²) in [5.74, 6) is -0.612. The summed E-state index contributed by atoms with van der Waals surface area (Å²) in [6, 6.07) is 0. The van der Waals surface area contributed by atoms with Crippen molar-refractivity contribution in [2.45, 2.75) is 13.8 Å². The maximum atomic E-state index is 11.4. The van der Waals surface area contributed by atoms with E-state index in [1.807, 2.05) is 0 Å². The first-order chi connectivity index (χ1) is 7.02. The van der Waals surface area contributed by atoms with E-state index in [9.17, 15) is 9.59 Å². The molecule has 1 rings (SSSR count). The van der Waals surface area contributed by atoms with Gasteiger partial charge >= 0.3 is 12.1 Å². The minimum absolute atomic E-state index is 0.0989. The van der Waals surface area contributed by atoms with E-state index in [0.717, 1.165) is 4.68 Å². The summed E-state index contributed by atoms with van der Waals surface area (Å²) in [4.78, 5) is 22.7. The zero-order valence-electron chi connectivity index (χ0n) is 9.03. The molecule has 0 aliphatic carbocycles. The fourth-order valence-electron chi connectivity index (χ4n) is 1.16. The first-order valence-electron chi connectivity index (χ1n) is 4.25. The van der Waals surface area contributed by atoms with Gasteiger partial charge in [-0.15, -0.1) is 0 Å². The number of rotatable bonds is 1. The number of aromatic nitrogens is 2. The molecule has 82 valence electrons. The molecule has 0 bridgehead atoms. The van der Waals surface area contributed by atoms with E-state index in [-0.39, 0.29) is 5.69 Å². The van der Waals surface area contributed by atoms with Gasteiger partial charge in [-0.1, -0.05) is 0 Å². The lowest BCUT2D eigenvalue weighted by molar-refractivity contribution is 0.0584. The van der Waals surface area contributed by atoms with Crippen LogP contribution < -0.4 is 0 Å². The van der Waals surface area contributed by atoms with Gasteiger partial charge < -0.3 is 9.47 Å². The summed E-state index contributed by atoms with van der Waals surface area (Å²) in [6.45, 7) is 3.38. The molecule has 0 aliphatic rings. The predicted octanol–water partition coefficient (Wildman–Crippen LogP) is 0.901. The van der Waals surface area contributed by atoms with Gasteiger partial charge in [-0.2, -0.15) is 9.78 Å². The van der Waals surface area contributed by atoms with Crippen LogP contribution >= 0.6 is 0 Å². The summed E-state index contributed by atoms with van der Waals surface area (Å²) in [5, 5.41) is 3.89. The summed E-state index contributed by atoms with van der Waals surface area (Å²) < 4.78 is 9.95. The van der Waals surface area contributed by atoms with Gasteiger partial charge in [0.05, 0.1) is 19.9 Å². The second-order valence-electron chi connectivity index (χ2n) is 2.93. The number of methoxy groups -OCH3 is 2. The Hall–Kier alpha value is -1.85. The van der Waals surface area contributed by atoms with Gasteiger partial charge in [0, 0.05) is 5.56 Å². The number of nitrogens with zero attached hydrogens (tertiary/aromatic N) is 2. The number of hydrogen-bond donors (Lipinski definition) is 0. The van der Waals surface area contributed by atoms with Gasteiger partial charge in [-0.25, -0.2) is 9.59 Å². The van der Waals surface area contributed by atoms with Crippen molar-refractivity contribution >= 4 is 12.1 Å². The Bertz CT molecular complexity index is 408. The van der Waals surface area contributed by atoms with Gasteiger partial charge in [0.1, 0.15) is 0 Å². The van der Waals surface area contributed by atoms with Crippen LogP contribution in [0.1, 0.15) is 21.7 Å². The highest BCUT2D eigenvalue weighted by Crippen LogP contribution is 2.13. The number of carbonyl (C=O) groups is 2. The van der Waals surface area contributed by atoms with Crippen LogP contribution in [0.5, 0.6) is 0 Å². The third-order valence-electron chi connectivity index (χ3n) is 2.09. The van der Waals surface area contributed by atoms with Crippen molar-refractivity contribution in [3.63, 3.8) is 0 Å². The average Bonchev–Trinajstić information content (AvgIpc) is 2.53. The molecule has 1 heterocycles. The molecule has 0 unspecified atom stereocenters. The molecule has 1 aromatic heterocycles. The lowest BCUT2D eigenvalue weighted by atomic mass is 10.2. The second kappa shape index (κ2) is 4.12. The number of carbonyl (C=O) groups excluding carboxylic acids is 2. The van der Waals surface area contributed by atoms with Crippen molar-refractivity contribution in [1.29, 1.82) is 0 Å². The molecular formula is C9H12N2O4. The Labute approximate surface area is 86.8 Å². The maximum Gasteiger partial charge on any atom is 0.435 e. The van der Waals surface area contributed by atoms with Crippen LogP contribution in [0.4, 0.5) is 4.79 Å². The van der Waals surface area contributed by atoms with Gasteiger partial charge in [-0.05, 0) is 13.8 Å². The highest BCUT2D eigenvalue weighted by molar-refractivity contribution is 5.93.